The zero-order chi connectivity index (χ0) is 25.2. The van der Waals surface area contributed by atoms with E-state index in [0.29, 0.717) is 17.7 Å². The van der Waals surface area contributed by atoms with Crippen LogP contribution >= 0.6 is 11.8 Å². The largest absolute Gasteiger partial charge is 0.273 e. The molecule has 1 atom stereocenters. The van der Waals surface area contributed by atoms with Gasteiger partial charge in [0.1, 0.15) is 0 Å². The topological polar surface area (TPSA) is 93.6 Å². The fourth-order valence-electron chi connectivity index (χ4n) is 4.33. The molecular formula is C27H23N5O3S. The first kappa shape index (κ1) is 23.5. The number of hydrogen-bond donors (Lipinski definition) is 0. The maximum atomic E-state index is 12.7. The molecule has 1 aliphatic rings. The van der Waals surface area contributed by atoms with Crippen molar-refractivity contribution in [2.24, 2.45) is 5.10 Å². The summed E-state index contributed by atoms with van der Waals surface area (Å²) in [6.07, 6.45) is 4.39. The van der Waals surface area contributed by atoms with Crippen molar-refractivity contribution in [3.63, 3.8) is 0 Å². The number of benzene rings is 3. The fourth-order valence-corrected chi connectivity index (χ4v) is 4.74. The Bertz CT molecular complexity index is 1460. The second kappa shape index (κ2) is 9.79. The molecule has 0 bridgehead atoms. The molecule has 9 heteroatoms. The van der Waals surface area contributed by atoms with E-state index in [1.54, 1.807) is 23.9 Å². The summed E-state index contributed by atoms with van der Waals surface area (Å²) in [7, 11) is 0. The molecule has 36 heavy (non-hydrogen) atoms. The van der Waals surface area contributed by atoms with E-state index in [-0.39, 0.29) is 11.6 Å². The van der Waals surface area contributed by atoms with Gasteiger partial charge in [-0.1, -0.05) is 42.5 Å². The summed E-state index contributed by atoms with van der Waals surface area (Å²) >= 11 is 1.66. The van der Waals surface area contributed by atoms with E-state index in [4.69, 9.17) is 5.10 Å². The number of nitrogens with zero attached hydrogens (tertiary/aromatic N) is 5. The van der Waals surface area contributed by atoms with E-state index >= 15 is 0 Å². The molecule has 0 saturated carbocycles. The zero-order valence-corrected chi connectivity index (χ0v) is 20.6. The highest BCUT2D eigenvalue weighted by Gasteiger charge is 2.35. The van der Waals surface area contributed by atoms with Crippen LogP contribution in [0.5, 0.6) is 0 Å². The lowest BCUT2D eigenvalue weighted by atomic mass is 9.96. The van der Waals surface area contributed by atoms with Crippen LogP contribution < -0.4 is 0 Å². The predicted molar refractivity (Wildman–Crippen MR) is 140 cm³/mol. The molecule has 0 aliphatic carbocycles. The Labute approximate surface area is 212 Å². The molecule has 0 saturated heterocycles. The number of non-ortho nitro benzene ring substituents is 1. The molecule has 2 heterocycles. The lowest BCUT2D eigenvalue weighted by Crippen LogP contribution is -2.24. The first-order valence-corrected chi connectivity index (χ1v) is 12.6. The minimum Gasteiger partial charge on any atom is -0.273 e. The minimum absolute atomic E-state index is 0.0144. The maximum Gasteiger partial charge on any atom is 0.270 e. The summed E-state index contributed by atoms with van der Waals surface area (Å²) in [5.74, 6) is -0.212. The van der Waals surface area contributed by atoms with Crippen LogP contribution in [-0.4, -0.2) is 37.6 Å². The van der Waals surface area contributed by atoms with Crippen LogP contribution in [0, 0.1) is 10.1 Å². The third-order valence-electron chi connectivity index (χ3n) is 6.11. The van der Waals surface area contributed by atoms with Gasteiger partial charge >= 0.3 is 0 Å². The smallest absolute Gasteiger partial charge is 0.270 e. The maximum absolute atomic E-state index is 12.7. The molecule has 0 radical (unpaired) electrons. The predicted octanol–water partition coefficient (Wildman–Crippen LogP) is 5.87. The average Bonchev–Trinajstić information content (AvgIpc) is 3.55. The highest BCUT2D eigenvalue weighted by atomic mass is 32.2. The van der Waals surface area contributed by atoms with Gasteiger partial charge in [-0.25, -0.2) is 9.69 Å². The summed E-state index contributed by atoms with van der Waals surface area (Å²) in [6.45, 7) is 1.47. The number of aromatic nitrogens is 2. The van der Waals surface area contributed by atoms with Crippen molar-refractivity contribution in [1.82, 2.24) is 14.8 Å². The van der Waals surface area contributed by atoms with Gasteiger partial charge in [-0.05, 0) is 30.5 Å². The highest BCUT2D eigenvalue weighted by molar-refractivity contribution is 7.98. The zero-order valence-electron chi connectivity index (χ0n) is 19.7. The van der Waals surface area contributed by atoms with Gasteiger partial charge in [-0.15, -0.1) is 11.8 Å². The number of thioether (sulfide) groups is 1. The Morgan fingerprint density at radius 1 is 1.03 bits per heavy atom. The number of hydrazone groups is 1. The number of para-hydroxylation sites is 1. The van der Waals surface area contributed by atoms with Gasteiger partial charge < -0.3 is 0 Å². The van der Waals surface area contributed by atoms with Crippen molar-refractivity contribution in [2.75, 3.05) is 6.26 Å². The van der Waals surface area contributed by atoms with Crippen molar-refractivity contribution in [3.8, 4) is 16.9 Å². The first-order valence-electron chi connectivity index (χ1n) is 11.4. The van der Waals surface area contributed by atoms with Gasteiger partial charge in [0.05, 0.1) is 28.1 Å². The van der Waals surface area contributed by atoms with Gasteiger partial charge in [-0.3, -0.25) is 14.9 Å². The lowest BCUT2D eigenvalue weighted by Gasteiger charge is -2.20. The van der Waals surface area contributed by atoms with Gasteiger partial charge in [0.15, 0.2) is 0 Å². The monoisotopic (exact) mass is 497 g/mol. The van der Waals surface area contributed by atoms with Gasteiger partial charge in [0.25, 0.3) is 5.69 Å². The van der Waals surface area contributed by atoms with E-state index in [0.717, 1.165) is 27.4 Å². The van der Waals surface area contributed by atoms with Crippen molar-refractivity contribution in [2.45, 2.75) is 24.3 Å². The fraction of sp³-hybridized carbons (Fsp3) is 0.148. The second-order valence-electron chi connectivity index (χ2n) is 8.38. The Morgan fingerprint density at radius 3 is 2.44 bits per heavy atom. The molecule has 180 valence electrons. The summed E-state index contributed by atoms with van der Waals surface area (Å²) in [5.41, 5.74) is 4.69. The normalized spacial score (nSPS) is 15.1. The Morgan fingerprint density at radius 2 is 1.78 bits per heavy atom. The molecule has 5 rings (SSSR count). The molecule has 1 aromatic heterocycles. The number of carbonyl (C=O) groups excluding carboxylic acids is 1. The van der Waals surface area contributed by atoms with Gasteiger partial charge in [-0.2, -0.15) is 10.2 Å². The second-order valence-corrected chi connectivity index (χ2v) is 9.26. The molecule has 1 amide bonds. The number of amides is 1. The van der Waals surface area contributed by atoms with Crippen LogP contribution in [-0.2, 0) is 4.79 Å². The van der Waals surface area contributed by atoms with Crippen molar-refractivity contribution in [1.29, 1.82) is 0 Å². The van der Waals surface area contributed by atoms with Crippen LogP contribution in [0.4, 0.5) is 5.69 Å². The molecule has 0 N–H and O–H groups in total. The quantitative estimate of drug-likeness (QED) is 0.189. The molecule has 0 spiro atoms. The van der Waals surface area contributed by atoms with Crippen LogP contribution in [0.15, 0.2) is 95.1 Å². The number of nitro benzene ring substituents is 1. The molecular weight excluding hydrogens is 474 g/mol. The minimum atomic E-state index is -0.431. The Balaban J connectivity index is 1.60. The Kier molecular flexibility index (Phi) is 6.39. The summed E-state index contributed by atoms with van der Waals surface area (Å²) in [6, 6.07) is 23.9. The molecule has 1 aliphatic heterocycles. The van der Waals surface area contributed by atoms with Crippen molar-refractivity contribution < 1.29 is 9.72 Å². The number of carbonyl (C=O) groups is 1. The highest BCUT2D eigenvalue weighted by Crippen LogP contribution is 2.39. The number of nitro groups is 1. The van der Waals surface area contributed by atoms with E-state index in [9.17, 15) is 14.9 Å². The first-order chi connectivity index (χ1) is 17.4. The van der Waals surface area contributed by atoms with Crippen LogP contribution in [0.25, 0.3) is 16.9 Å². The molecule has 4 aromatic rings. The van der Waals surface area contributed by atoms with Crippen LogP contribution in [0.3, 0.4) is 0 Å². The number of hydrogen-bond acceptors (Lipinski definition) is 6. The van der Waals surface area contributed by atoms with Gasteiger partial charge in [0.2, 0.25) is 5.91 Å². The molecule has 8 nitrogen and oxygen atoms in total. The lowest BCUT2D eigenvalue weighted by molar-refractivity contribution is -0.384. The van der Waals surface area contributed by atoms with Crippen LogP contribution in [0.2, 0.25) is 0 Å². The Hall–Kier alpha value is -4.24. The van der Waals surface area contributed by atoms with E-state index in [2.05, 4.69) is 5.10 Å². The van der Waals surface area contributed by atoms with E-state index < -0.39 is 11.0 Å². The van der Waals surface area contributed by atoms with Crippen molar-refractivity contribution >= 4 is 29.1 Å². The number of rotatable bonds is 6. The standard InChI is InChI=1S/C27H23N5O3S/c1-18(33)31-26(16-25(28-31)20-7-6-10-22(15-20)32(34)35)24-17-30(21-8-4-3-5-9-21)29-27(24)19-11-13-23(36-2)14-12-19/h3-15,17,26H,16H2,1-2H3. The third kappa shape index (κ3) is 4.52. The van der Waals surface area contributed by atoms with Crippen molar-refractivity contribution in [3.05, 3.63) is 106 Å². The molecule has 3 aromatic carbocycles. The third-order valence-corrected chi connectivity index (χ3v) is 6.85. The average molecular weight is 498 g/mol. The summed E-state index contributed by atoms with van der Waals surface area (Å²) in [5, 5.41) is 22.3. The van der Waals surface area contributed by atoms with E-state index in [1.807, 2.05) is 71.7 Å². The summed E-state index contributed by atoms with van der Waals surface area (Å²) in [4.78, 5) is 24.7. The van der Waals surface area contributed by atoms with Gasteiger partial charge in [0, 0.05) is 53.3 Å². The van der Waals surface area contributed by atoms with Crippen LogP contribution in [0.1, 0.15) is 30.5 Å². The summed E-state index contributed by atoms with van der Waals surface area (Å²) < 4.78 is 1.82. The van der Waals surface area contributed by atoms with E-state index in [1.165, 1.54) is 24.1 Å². The molecule has 0 fully saturated rings. The SMILES string of the molecule is CSc1ccc(-c2nn(-c3ccccc3)cc2C2CC(c3cccc([N+](=O)[O-])c3)=NN2C(C)=O)cc1. The molecule has 1 unspecified atom stereocenters.